The third-order valence-electron chi connectivity index (χ3n) is 3.90. The average Bonchev–Trinajstić information content (AvgIpc) is 2.67. The number of hydrogen-bond donors (Lipinski definition) is 0. The van der Waals surface area contributed by atoms with Crippen molar-refractivity contribution in [3.8, 4) is 0 Å². The Morgan fingerprint density at radius 2 is 1.72 bits per heavy atom. The van der Waals surface area contributed by atoms with Crippen LogP contribution in [0.1, 0.15) is 15.9 Å². The van der Waals surface area contributed by atoms with Crippen LogP contribution in [0.25, 0.3) is 0 Å². The maximum Gasteiger partial charge on any atom is 0.365 e. The Labute approximate surface area is 151 Å². The quantitative estimate of drug-likeness (QED) is 0.468. The van der Waals surface area contributed by atoms with Crippen molar-refractivity contribution in [3.63, 3.8) is 0 Å². The van der Waals surface area contributed by atoms with Crippen LogP contribution in [0.15, 0.2) is 59.8 Å². The van der Waals surface area contributed by atoms with E-state index in [1.54, 1.807) is 36.4 Å². The molecule has 0 amide bonds. The fourth-order valence-electron chi connectivity index (χ4n) is 2.51. The summed E-state index contributed by atoms with van der Waals surface area (Å²) in [6.07, 6.45) is 0. The number of hydrogen-bond acceptors (Lipinski definition) is 5. The lowest BCUT2D eigenvalue weighted by atomic mass is 10.1. The molecule has 0 unspecified atom stereocenters. The maximum absolute atomic E-state index is 12.1. The van der Waals surface area contributed by atoms with Gasteiger partial charge < -0.3 is 9.57 Å². The number of nitrogens with zero attached hydrogens (tertiary/aromatic N) is 2. The molecule has 1 heterocycles. The summed E-state index contributed by atoms with van der Waals surface area (Å²) in [5.41, 5.74) is 2.02. The van der Waals surface area contributed by atoms with E-state index >= 15 is 0 Å². The number of benzene rings is 2. The Kier molecular flexibility index (Phi) is 6.17. The highest BCUT2D eigenvalue weighted by atomic mass is 35.5. The van der Waals surface area contributed by atoms with Gasteiger partial charge in [0.1, 0.15) is 5.71 Å². The molecule has 1 saturated heterocycles. The van der Waals surface area contributed by atoms with E-state index in [2.05, 4.69) is 10.1 Å². The molecule has 2 aromatic rings. The number of halogens is 1. The van der Waals surface area contributed by atoms with Gasteiger partial charge in [-0.25, -0.2) is 4.79 Å². The van der Waals surface area contributed by atoms with Gasteiger partial charge in [-0.15, -0.1) is 0 Å². The Bertz CT molecular complexity index is 726. The molecule has 0 N–H and O–H groups in total. The average molecular weight is 359 g/mol. The smallest absolute Gasteiger partial charge is 0.365 e. The molecule has 1 aliphatic rings. The molecule has 1 fully saturated rings. The summed E-state index contributed by atoms with van der Waals surface area (Å²) in [6.45, 7) is 3.60. The number of rotatable bonds is 5. The lowest BCUT2D eigenvalue weighted by Crippen LogP contribution is -2.39. The van der Waals surface area contributed by atoms with Crippen LogP contribution in [-0.2, 0) is 9.57 Å². The van der Waals surface area contributed by atoms with Crippen LogP contribution in [0.4, 0.5) is 0 Å². The Morgan fingerprint density at radius 3 is 2.40 bits per heavy atom. The van der Waals surface area contributed by atoms with Crippen LogP contribution < -0.4 is 0 Å². The zero-order valence-electron chi connectivity index (χ0n) is 13.7. The first-order valence-electron chi connectivity index (χ1n) is 8.12. The second kappa shape index (κ2) is 8.76. The molecular formula is C19H19ClN2O3. The number of oxime groups is 1. The van der Waals surface area contributed by atoms with Gasteiger partial charge >= 0.3 is 5.97 Å². The fourth-order valence-corrected chi connectivity index (χ4v) is 2.64. The van der Waals surface area contributed by atoms with E-state index in [9.17, 15) is 4.79 Å². The molecule has 0 saturated carbocycles. The molecule has 2 aromatic carbocycles. The Hall–Kier alpha value is -2.21. The van der Waals surface area contributed by atoms with Crippen LogP contribution >= 0.6 is 11.6 Å². The van der Waals surface area contributed by atoms with Gasteiger partial charge in [0.2, 0.25) is 0 Å². The van der Waals surface area contributed by atoms with Gasteiger partial charge in [0.15, 0.2) is 0 Å². The summed E-state index contributed by atoms with van der Waals surface area (Å²) >= 11 is 5.96. The Morgan fingerprint density at radius 1 is 1.04 bits per heavy atom. The summed E-state index contributed by atoms with van der Waals surface area (Å²) in [5.74, 6) is -0.478. The second-order valence-electron chi connectivity index (χ2n) is 5.68. The third kappa shape index (κ3) is 5.13. The molecule has 3 rings (SSSR count). The summed E-state index contributed by atoms with van der Waals surface area (Å²) in [5, 5.41) is 4.78. The van der Waals surface area contributed by atoms with Gasteiger partial charge in [0.05, 0.1) is 18.8 Å². The third-order valence-corrected chi connectivity index (χ3v) is 4.15. The zero-order chi connectivity index (χ0) is 17.5. The van der Waals surface area contributed by atoms with Crippen molar-refractivity contribution in [1.82, 2.24) is 4.90 Å². The van der Waals surface area contributed by atoms with E-state index in [0.717, 1.165) is 18.7 Å². The first kappa shape index (κ1) is 17.6. The van der Waals surface area contributed by atoms with Crippen LogP contribution in [0.2, 0.25) is 5.02 Å². The molecule has 25 heavy (non-hydrogen) atoms. The van der Waals surface area contributed by atoms with E-state index < -0.39 is 5.97 Å². The molecule has 0 radical (unpaired) electrons. The molecule has 0 atom stereocenters. The van der Waals surface area contributed by atoms with E-state index in [0.29, 0.717) is 36.1 Å². The minimum absolute atomic E-state index is 0.466. The predicted octanol–water partition coefficient (Wildman–Crippen LogP) is 3.23. The first-order valence-corrected chi connectivity index (χ1v) is 8.49. The molecule has 1 aliphatic heterocycles. The van der Waals surface area contributed by atoms with Gasteiger partial charge in [0, 0.05) is 30.2 Å². The molecule has 0 aliphatic carbocycles. The lowest BCUT2D eigenvalue weighted by Gasteiger charge is -2.26. The van der Waals surface area contributed by atoms with E-state index in [4.69, 9.17) is 21.2 Å². The fraction of sp³-hybridized carbons (Fsp3) is 0.263. The minimum Gasteiger partial charge on any atom is -0.379 e. The zero-order valence-corrected chi connectivity index (χ0v) is 14.5. The van der Waals surface area contributed by atoms with Gasteiger partial charge in [-0.05, 0) is 24.3 Å². The van der Waals surface area contributed by atoms with Crippen molar-refractivity contribution in [3.05, 3.63) is 70.7 Å². The van der Waals surface area contributed by atoms with Gasteiger partial charge in [-0.3, -0.25) is 4.90 Å². The number of carbonyl (C=O) groups is 1. The van der Waals surface area contributed by atoms with Crippen molar-refractivity contribution < 1.29 is 14.4 Å². The van der Waals surface area contributed by atoms with Crippen molar-refractivity contribution in [2.24, 2.45) is 5.16 Å². The predicted molar refractivity (Wildman–Crippen MR) is 97.1 cm³/mol. The molecule has 0 spiro atoms. The molecular weight excluding hydrogens is 340 g/mol. The van der Waals surface area contributed by atoms with Gasteiger partial charge in [0.25, 0.3) is 0 Å². The van der Waals surface area contributed by atoms with Crippen LogP contribution in [-0.4, -0.2) is 49.4 Å². The van der Waals surface area contributed by atoms with Crippen LogP contribution in [0.5, 0.6) is 0 Å². The highest BCUT2D eigenvalue weighted by Crippen LogP contribution is 2.12. The van der Waals surface area contributed by atoms with Gasteiger partial charge in [-0.2, -0.15) is 0 Å². The molecule has 5 nitrogen and oxygen atoms in total. The van der Waals surface area contributed by atoms with Gasteiger partial charge in [-0.1, -0.05) is 47.1 Å². The standard InChI is InChI=1S/C19H19ClN2O3/c20-17-8-6-15(7-9-17)18(14-22-10-12-24-13-11-22)21-25-19(23)16-4-2-1-3-5-16/h1-9H,10-14H2/b21-18+. The monoisotopic (exact) mass is 358 g/mol. The molecule has 0 bridgehead atoms. The normalized spacial score (nSPS) is 15.8. The van der Waals surface area contributed by atoms with E-state index in [-0.39, 0.29) is 0 Å². The van der Waals surface area contributed by atoms with Crippen molar-refractivity contribution >= 4 is 23.3 Å². The minimum atomic E-state index is -0.478. The topological polar surface area (TPSA) is 51.1 Å². The molecule has 0 aromatic heterocycles. The number of carbonyl (C=O) groups excluding carboxylic acids is 1. The number of ether oxygens (including phenoxy) is 1. The first-order chi connectivity index (χ1) is 12.2. The SMILES string of the molecule is O=C(O/N=C(\CN1CCOCC1)c1ccc(Cl)cc1)c1ccccc1. The van der Waals surface area contributed by atoms with Crippen molar-refractivity contribution in [2.45, 2.75) is 0 Å². The molecule has 130 valence electrons. The van der Waals surface area contributed by atoms with Crippen molar-refractivity contribution in [2.75, 3.05) is 32.8 Å². The maximum atomic E-state index is 12.1. The second-order valence-corrected chi connectivity index (χ2v) is 6.11. The van der Waals surface area contributed by atoms with Crippen LogP contribution in [0.3, 0.4) is 0 Å². The molecule has 6 heteroatoms. The summed E-state index contributed by atoms with van der Waals surface area (Å²) in [4.78, 5) is 19.5. The summed E-state index contributed by atoms with van der Waals surface area (Å²) in [6, 6.07) is 16.1. The highest BCUT2D eigenvalue weighted by molar-refractivity contribution is 6.30. The van der Waals surface area contributed by atoms with E-state index in [1.165, 1.54) is 0 Å². The number of morpholine rings is 1. The largest absolute Gasteiger partial charge is 0.379 e. The van der Waals surface area contributed by atoms with Crippen LogP contribution in [0, 0.1) is 0 Å². The Balaban J connectivity index is 1.77. The summed E-state index contributed by atoms with van der Waals surface area (Å²) in [7, 11) is 0. The van der Waals surface area contributed by atoms with Crippen molar-refractivity contribution in [1.29, 1.82) is 0 Å². The van der Waals surface area contributed by atoms with E-state index in [1.807, 2.05) is 18.2 Å². The highest BCUT2D eigenvalue weighted by Gasteiger charge is 2.16. The summed E-state index contributed by atoms with van der Waals surface area (Å²) < 4.78 is 5.37. The lowest BCUT2D eigenvalue weighted by molar-refractivity contribution is 0.0432.